The summed E-state index contributed by atoms with van der Waals surface area (Å²) in [6.45, 7) is 4.81. The molecule has 0 spiro atoms. The van der Waals surface area contributed by atoms with Crippen LogP contribution in [0.25, 0.3) is 0 Å². The Morgan fingerprint density at radius 2 is 2.27 bits per heavy atom. The second kappa shape index (κ2) is 2.81. The van der Waals surface area contributed by atoms with Crippen LogP contribution in [0, 0.1) is 5.41 Å². The minimum absolute atomic E-state index is 0.0624. The topological polar surface area (TPSA) is 38.8 Å². The summed E-state index contributed by atoms with van der Waals surface area (Å²) in [6.07, 6.45) is 0.690. The summed E-state index contributed by atoms with van der Waals surface area (Å²) < 4.78 is 9.68. The quantitative estimate of drug-likeness (QED) is 0.454. The lowest BCUT2D eigenvalue weighted by Gasteiger charge is -2.19. The Labute approximate surface area is 66.7 Å². The molecular formula is C8H14O3. The van der Waals surface area contributed by atoms with Crippen molar-refractivity contribution in [3.8, 4) is 0 Å². The third-order valence-electron chi connectivity index (χ3n) is 2.03. The van der Waals surface area contributed by atoms with Gasteiger partial charge in [0.25, 0.3) is 0 Å². The Morgan fingerprint density at radius 3 is 2.64 bits per heavy atom. The van der Waals surface area contributed by atoms with E-state index in [-0.39, 0.29) is 17.5 Å². The molecule has 0 aromatic heterocycles. The Bertz CT molecular complexity index is 159. The van der Waals surface area contributed by atoms with Crippen LogP contribution < -0.4 is 0 Å². The number of ether oxygens (including phenoxy) is 2. The summed E-state index contributed by atoms with van der Waals surface area (Å²) in [5.41, 5.74) is -0.0624. The molecule has 0 bridgehead atoms. The van der Waals surface area contributed by atoms with Crippen LogP contribution in [0.4, 0.5) is 0 Å². The number of hydrogen-bond acceptors (Lipinski definition) is 3. The molecule has 0 N–H and O–H groups in total. The van der Waals surface area contributed by atoms with Crippen LogP contribution in [-0.2, 0) is 14.3 Å². The fourth-order valence-electron chi connectivity index (χ4n) is 1.06. The summed E-state index contributed by atoms with van der Waals surface area (Å²) in [5.74, 6) is -0.162. The molecule has 3 heteroatoms. The number of esters is 1. The summed E-state index contributed by atoms with van der Waals surface area (Å²) in [4.78, 5) is 10.9. The molecule has 1 heterocycles. The van der Waals surface area contributed by atoms with Crippen molar-refractivity contribution in [3.05, 3.63) is 0 Å². The highest BCUT2D eigenvalue weighted by atomic mass is 16.6. The summed E-state index contributed by atoms with van der Waals surface area (Å²) in [5, 5.41) is 0. The predicted molar refractivity (Wildman–Crippen MR) is 40.2 cm³/mol. The predicted octanol–water partition coefficient (Wildman–Crippen LogP) is 0.974. The van der Waals surface area contributed by atoms with E-state index >= 15 is 0 Å². The largest absolute Gasteiger partial charge is 0.469 e. The summed E-state index contributed by atoms with van der Waals surface area (Å²) in [7, 11) is 1.41. The minimum Gasteiger partial charge on any atom is -0.469 e. The summed E-state index contributed by atoms with van der Waals surface area (Å²) >= 11 is 0. The highest BCUT2D eigenvalue weighted by molar-refractivity contribution is 5.70. The Kier molecular flexibility index (Phi) is 2.18. The molecule has 64 valence electrons. The van der Waals surface area contributed by atoms with Gasteiger partial charge < -0.3 is 9.47 Å². The van der Waals surface area contributed by atoms with Crippen molar-refractivity contribution in [2.24, 2.45) is 5.41 Å². The van der Waals surface area contributed by atoms with Gasteiger partial charge in [-0.1, -0.05) is 13.8 Å². The van der Waals surface area contributed by atoms with Crippen LogP contribution >= 0.6 is 0 Å². The number of epoxide rings is 1. The molecule has 11 heavy (non-hydrogen) atoms. The molecule has 0 saturated carbocycles. The van der Waals surface area contributed by atoms with Crippen LogP contribution in [0.2, 0.25) is 0 Å². The SMILES string of the molecule is COC(=O)CC(C)(C)[C@@H]1CO1. The van der Waals surface area contributed by atoms with E-state index < -0.39 is 0 Å². The van der Waals surface area contributed by atoms with Gasteiger partial charge in [0, 0.05) is 5.41 Å². The smallest absolute Gasteiger partial charge is 0.306 e. The first-order valence-electron chi connectivity index (χ1n) is 3.74. The summed E-state index contributed by atoms with van der Waals surface area (Å²) in [6, 6.07) is 0. The first kappa shape index (κ1) is 8.53. The normalized spacial score (nSPS) is 23.0. The zero-order valence-corrected chi connectivity index (χ0v) is 7.22. The first-order valence-corrected chi connectivity index (χ1v) is 3.74. The molecule has 1 saturated heterocycles. The molecule has 3 nitrogen and oxygen atoms in total. The molecule has 0 amide bonds. The van der Waals surface area contributed by atoms with Crippen molar-refractivity contribution in [2.75, 3.05) is 13.7 Å². The molecule has 1 fully saturated rings. The molecular weight excluding hydrogens is 144 g/mol. The number of methoxy groups -OCH3 is 1. The lowest BCUT2D eigenvalue weighted by Crippen LogP contribution is -2.23. The lowest BCUT2D eigenvalue weighted by molar-refractivity contribution is -0.143. The van der Waals surface area contributed by atoms with Crippen LogP contribution in [0.15, 0.2) is 0 Å². The molecule has 0 aromatic rings. The molecule has 0 aliphatic carbocycles. The third-order valence-corrected chi connectivity index (χ3v) is 2.03. The molecule has 0 aromatic carbocycles. The van der Waals surface area contributed by atoms with Crippen LogP contribution in [-0.4, -0.2) is 25.8 Å². The van der Waals surface area contributed by atoms with Gasteiger partial charge in [-0.15, -0.1) is 0 Å². The molecule has 1 atom stereocenters. The van der Waals surface area contributed by atoms with Gasteiger partial charge in [0.2, 0.25) is 0 Å². The van der Waals surface area contributed by atoms with Gasteiger partial charge in [0.1, 0.15) is 0 Å². The van der Waals surface area contributed by atoms with E-state index in [1.54, 1.807) is 0 Å². The van der Waals surface area contributed by atoms with Gasteiger partial charge in [0.15, 0.2) is 0 Å². The standard InChI is InChI=1S/C8H14O3/c1-8(2,6-5-11-6)4-7(9)10-3/h6H,4-5H2,1-3H3/t6-/m0/s1. The third kappa shape index (κ3) is 2.19. The van der Waals surface area contributed by atoms with E-state index in [0.717, 1.165) is 6.61 Å². The highest BCUT2D eigenvalue weighted by Crippen LogP contribution is 2.35. The number of carbonyl (C=O) groups excluding carboxylic acids is 1. The van der Waals surface area contributed by atoms with Gasteiger partial charge in [0.05, 0.1) is 26.2 Å². The molecule has 1 rings (SSSR count). The van der Waals surface area contributed by atoms with Crippen molar-refractivity contribution < 1.29 is 14.3 Å². The average molecular weight is 158 g/mol. The van der Waals surface area contributed by atoms with Crippen molar-refractivity contribution >= 4 is 5.97 Å². The van der Waals surface area contributed by atoms with Gasteiger partial charge in [-0.25, -0.2) is 0 Å². The first-order chi connectivity index (χ1) is 5.06. The van der Waals surface area contributed by atoms with Crippen molar-refractivity contribution in [2.45, 2.75) is 26.4 Å². The fourth-order valence-corrected chi connectivity index (χ4v) is 1.06. The second-order valence-electron chi connectivity index (χ2n) is 3.56. The molecule has 0 radical (unpaired) electrons. The zero-order chi connectivity index (χ0) is 8.48. The average Bonchev–Trinajstić information content (AvgIpc) is 2.66. The lowest BCUT2D eigenvalue weighted by atomic mass is 9.86. The van der Waals surface area contributed by atoms with E-state index in [1.807, 2.05) is 13.8 Å². The molecule has 1 aliphatic rings. The maximum atomic E-state index is 10.9. The Balaban J connectivity index is 2.38. The maximum absolute atomic E-state index is 10.9. The van der Waals surface area contributed by atoms with E-state index in [1.165, 1.54) is 7.11 Å². The Morgan fingerprint density at radius 1 is 1.73 bits per heavy atom. The number of carbonyl (C=O) groups is 1. The maximum Gasteiger partial charge on any atom is 0.306 e. The van der Waals surface area contributed by atoms with Gasteiger partial charge in [-0.05, 0) is 0 Å². The van der Waals surface area contributed by atoms with Gasteiger partial charge in [-0.3, -0.25) is 4.79 Å². The highest BCUT2D eigenvalue weighted by Gasteiger charge is 2.41. The van der Waals surface area contributed by atoms with Crippen molar-refractivity contribution in [1.29, 1.82) is 0 Å². The van der Waals surface area contributed by atoms with E-state index in [0.29, 0.717) is 6.42 Å². The second-order valence-corrected chi connectivity index (χ2v) is 3.56. The van der Waals surface area contributed by atoms with E-state index in [9.17, 15) is 4.79 Å². The molecule has 0 unspecified atom stereocenters. The van der Waals surface area contributed by atoms with Crippen molar-refractivity contribution in [1.82, 2.24) is 0 Å². The van der Waals surface area contributed by atoms with Crippen LogP contribution in [0.1, 0.15) is 20.3 Å². The molecule has 1 aliphatic heterocycles. The van der Waals surface area contributed by atoms with Gasteiger partial charge in [-0.2, -0.15) is 0 Å². The van der Waals surface area contributed by atoms with Crippen LogP contribution in [0.5, 0.6) is 0 Å². The number of hydrogen-bond donors (Lipinski definition) is 0. The van der Waals surface area contributed by atoms with Crippen molar-refractivity contribution in [3.63, 3.8) is 0 Å². The minimum atomic E-state index is -0.162. The van der Waals surface area contributed by atoms with Crippen LogP contribution in [0.3, 0.4) is 0 Å². The monoisotopic (exact) mass is 158 g/mol. The number of rotatable bonds is 3. The van der Waals surface area contributed by atoms with E-state index in [4.69, 9.17) is 4.74 Å². The van der Waals surface area contributed by atoms with Gasteiger partial charge >= 0.3 is 5.97 Å². The zero-order valence-electron chi connectivity index (χ0n) is 7.22. The fraction of sp³-hybridized carbons (Fsp3) is 0.875. The Hall–Kier alpha value is -0.570. The van der Waals surface area contributed by atoms with E-state index in [2.05, 4.69) is 4.74 Å².